The molecular formula is C19H17F3N2O2. The van der Waals surface area contributed by atoms with Gasteiger partial charge in [0.25, 0.3) is 5.91 Å². The number of carbonyl (C=O) groups excluding carboxylic acids is 2. The number of para-hydroxylation sites is 1. The van der Waals surface area contributed by atoms with Crippen molar-refractivity contribution in [1.82, 2.24) is 5.32 Å². The average Bonchev–Trinajstić information content (AvgIpc) is 3.00. The molecule has 2 amide bonds. The zero-order chi connectivity index (χ0) is 18.9. The lowest BCUT2D eigenvalue weighted by molar-refractivity contribution is -0.137. The van der Waals surface area contributed by atoms with Crippen LogP contribution in [0, 0.1) is 0 Å². The lowest BCUT2D eigenvalue weighted by Gasteiger charge is -2.25. The lowest BCUT2D eigenvalue weighted by atomic mass is 10.1. The predicted molar refractivity (Wildman–Crippen MR) is 90.9 cm³/mol. The molecule has 0 aliphatic carbocycles. The Morgan fingerprint density at radius 3 is 2.38 bits per heavy atom. The van der Waals surface area contributed by atoms with Crippen LogP contribution in [0.1, 0.15) is 28.4 Å². The van der Waals surface area contributed by atoms with Gasteiger partial charge >= 0.3 is 6.18 Å². The first kappa shape index (κ1) is 18.0. The van der Waals surface area contributed by atoms with Gasteiger partial charge in [-0.05, 0) is 42.8 Å². The monoisotopic (exact) mass is 362 g/mol. The standard InChI is InChI=1S/C19H17F3N2O2/c1-2-23-17(25)16-11-13-5-3-4-6-15(13)24(16)18(26)12-7-9-14(10-8-12)19(20,21)22/h3-10,16H,2,11H2,1H3,(H,23,25). The van der Waals surface area contributed by atoms with E-state index in [9.17, 15) is 22.8 Å². The number of hydrogen-bond acceptors (Lipinski definition) is 2. The Hall–Kier alpha value is -2.83. The largest absolute Gasteiger partial charge is 0.416 e. The molecule has 1 heterocycles. The highest BCUT2D eigenvalue weighted by atomic mass is 19.4. The smallest absolute Gasteiger partial charge is 0.355 e. The van der Waals surface area contributed by atoms with Crippen molar-refractivity contribution in [2.24, 2.45) is 0 Å². The summed E-state index contributed by atoms with van der Waals surface area (Å²) in [6.45, 7) is 2.20. The molecule has 4 nitrogen and oxygen atoms in total. The van der Waals surface area contributed by atoms with E-state index in [4.69, 9.17) is 0 Å². The fourth-order valence-electron chi connectivity index (χ4n) is 3.08. The Kier molecular flexibility index (Phi) is 4.71. The number of fused-ring (bicyclic) bond motifs is 1. The molecule has 1 aliphatic heterocycles. The number of rotatable bonds is 3. The van der Waals surface area contributed by atoms with Gasteiger partial charge in [0.1, 0.15) is 6.04 Å². The summed E-state index contributed by atoms with van der Waals surface area (Å²) in [7, 11) is 0. The summed E-state index contributed by atoms with van der Waals surface area (Å²) in [5.41, 5.74) is 0.734. The summed E-state index contributed by atoms with van der Waals surface area (Å²) in [6, 6.07) is 10.4. The zero-order valence-corrected chi connectivity index (χ0v) is 14.0. The van der Waals surface area contributed by atoms with Gasteiger partial charge in [-0.25, -0.2) is 0 Å². The first-order chi connectivity index (χ1) is 12.3. The molecule has 3 rings (SSSR count). The summed E-state index contributed by atoms with van der Waals surface area (Å²) in [5, 5.41) is 2.71. The minimum atomic E-state index is -4.47. The van der Waals surface area contributed by atoms with Gasteiger partial charge in [-0.15, -0.1) is 0 Å². The second-order valence-corrected chi connectivity index (χ2v) is 5.99. The number of anilines is 1. The number of amides is 2. The van der Waals surface area contributed by atoms with Crippen LogP contribution < -0.4 is 10.2 Å². The molecule has 1 atom stereocenters. The van der Waals surface area contributed by atoms with E-state index >= 15 is 0 Å². The molecule has 0 spiro atoms. The molecule has 136 valence electrons. The maximum atomic E-state index is 13.0. The van der Waals surface area contributed by atoms with Gasteiger partial charge in [0.05, 0.1) is 5.56 Å². The molecule has 1 aliphatic rings. The molecule has 2 aromatic rings. The van der Waals surface area contributed by atoms with Gasteiger partial charge in [0.2, 0.25) is 5.91 Å². The van der Waals surface area contributed by atoms with Crippen molar-refractivity contribution in [2.75, 3.05) is 11.4 Å². The van der Waals surface area contributed by atoms with Crippen molar-refractivity contribution in [3.63, 3.8) is 0 Å². The van der Waals surface area contributed by atoms with E-state index in [1.54, 1.807) is 19.1 Å². The van der Waals surface area contributed by atoms with Crippen LogP contribution in [0.15, 0.2) is 48.5 Å². The summed E-state index contributed by atoms with van der Waals surface area (Å²) >= 11 is 0. The molecule has 26 heavy (non-hydrogen) atoms. The Bertz CT molecular complexity index is 831. The van der Waals surface area contributed by atoms with Gasteiger partial charge in [-0.3, -0.25) is 14.5 Å². The quantitative estimate of drug-likeness (QED) is 0.910. The molecule has 1 unspecified atom stereocenters. The number of nitrogens with one attached hydrogen (secondary N) is 1. The average molecular weight is 362 g/mol. The number of benzene rings is 2. The Labute approximate surface area is 148 Å². The Balaban J connectivity index is 1.95. The second kappa shape index (κ2) is 6.82. The maximum Gasteiger partial charge on any atom is 0.416 e. The van der Waals surface area contributed by atoms with Gasteiger partial charge in [0.15, 0.2) is 0 Å². The number of likely N-dealkylation sites (N-methyl/N-ethyl adjacent to an activating group) is 1. The number of carbonyl (C=O) groups is 2. The lowest BCUT2D eigenvalue weighted by Crippen LogP contribution is -2.48. The van der Waals surface area contributed by atoms with E-state index in [0.717, 1.165) is 29.8 Å². The van der Waals surface area contributed by atoms with Gasteiger partial charge in [-0.2, -0.15) is 13.2 Å². The zero-order valence-electron chi connectivity index (χ0n) is 14.0. The third-order valence-corrected chi connectivity index (χ3v) is 4.31. The van der Waals surface area contributed by atoms with Crippen LogP contribution in [0.4, 0.5) is 18.9 Å². The van der Waals surface area contributed by atoms with E-state index in [1.807, 2.05) is 12.1 Å². The maximum absolute atomic E-state index is 13.0. The minimum Gasteiger partial charge on any atom is -0.355 e. The highest BCUT2D eigenvalue weighted by Crippen LogP contribution is 2.34. The van der Waals surface area contributed by atoms with E-state index in [0.29, 0.717) is 18.7 Å². The van der Waals surface area contributed by atoms with Crippen LogP contribution in [-0.2, 0) is 17.4 Å². The van der Waals surface area contributed by atoms with E-state index in [1.165, 1.54) is 4.90 Å². The summed E-state index contributed by atoms with van der Waals surface area (Å²) in [5.74, 6) is -0.788. The second-order valence-electron chi connectivity index (χ2n) is 5.99. The Morgan fingerprint density at radius 1 is 1.12 bits per heavy atom. The molecule has 0 aromatic heterocycles. The molecule has 2 aromatic carbocycles. The predicted octanol–water partition coefficient (Wildman–Crippen LogP) is 3.41. The fraction of sp³-hybridized carbons (Fsp3) is 0.263. The molecule has 0 fully saturated rings. The van der Waals surface area contributed by atoms with Crippen LogP contribution in [0.3, 0.4) is 0 Å². The molecule has 0 saturated heterocycles. The molecule has 0 bridgehead atoms. The SMILES string of the molecule is CCNC(=O)C1Cc2ccccc2N1C(=O)c1ccc(C(F)(F)F)cc1. The number of hydrogen-bond donors (Lipinski definition) is 1. The van der Waals surface area contributed by atoms with Crippen molar-refractivity contribution in [1.29, 1.82) is 0 Å². The van der Waals surface area contributed by atoms with Gasteiger partial charge in [0, 0.05) is 24.2 Å². The van der Waals surface area contributed by atoms with Crippen LogP contribution in [-0.4, -0.2) is 24.4 Å². The number of halogens is 3. The normalized spacial score (nSPS) is 16.3. The summed E-state index contributed by atoms with van der Waals surface area (Å²) < 4.78 is 38.2. The molecular weight excluding hydrogens is 345 g/mol. The van der Waals surface area contributed by atoms with Crippen LogP contribution in [0.2, 0.25) is 0 Å². The third-order valence-electron chi connectivity index (χ3n) is 4.31. The van der Waals surface area contributed by atoms with E-state index in [-0.39, 0.29) is 11.5 Å². The minimum absolute atomic E-state index is 0.101. The molecule has 7 heteroatoms. The summed E-state index contributed by atoms with van der Waals surface area (Å²) in [4.78, 5) is 26.7. The van der Waals surface area contributed by atoms with Crippen molar-refractivity contribution in [3.8, 4) is 0 Å². The van der Waals surface area contributed by atoms with Crippen LogP contribution >= 0.6 is 0 Å². The van der Waals surface area contributed by atoms with Crippen LogP contribution in [0.5, 0.6) is 0 Å². The summed E-state index contributed by atoms with van der Waals surface area (Å²) in [6.07, 6.45) is -4.10. The Morgan fingerprint density at radius 2 is 1.77 bits per heavy atom. The van der Waals surface area contributed by atoms with Gasteiger partial charge < -0.3 is 5.32 Å². The number of alkyl halides is 3. The molecule has 0 radical (unpaired) electrons. The van der Waals surface area contributed by atoms with Gasteiger partial charge in [-0.1, -0.05) is 18.2 Å². The van der Waals surface area contributed by atoms with E-state index < -0.39 is 23.7 Å². The van der Waals surface area contributed by atoms with Crippen molar-refractivity contribution in [3.05, 3.63) is 65.2 Å². The fourth-order valence-corrected chi connectivity index (χ4v) is 3.08. The topological polar surface area (TPSA) is 49.4 Å². The molecule has 0 saturated carbocycles. The van der Waals surface area contributed by atoms with Crippen molar-refractivity contribution in [2.45, 2.75) is 25.6 Å². The first-order valence-electron chi connectivity index (χ1n) is 8.19. The highest BCUT2D eigenvalue weighted by molar-refractivity contribution is 6.11. The first-order valence-corrected chi connectivity index (χ1v) is 8.19. The molecule has 1 N–H and O–H groups in total. The number of nitrogens with zero attached hydrogens (tertiary/aromatic N) is 1. The van der Waals surface area contributed by atoms with Crippen LogP contribution in [0.25, 0.3) is 0 Å². The van der Waals surface area contributed by atoms with Crippen molar-refractivity contribution >= 4 is 17.5 Å². The van der Waals surface area contributed by atoms with E-state index in [2.05, 4.69) is 5.32 Å². The highest BCUT2D eigenvalue weighted by Gasteiger charge is 2.38. The third kappa shape index (κ3) is 3.29. The van der Waals surface area contributed by atoms with Crippen molar-refractivity contribution < 1.29 is 22.8 Å².